The van der Waals surface area contributed by atoms with E-state index in [9.17, 15) is 4.79 Å². The third-order valence-corrected chi connectivity index (χ3v) is 6.54. The second-order valence-electron chi connectivity index (χ2n) is 8.60. The van der Waals surface area contributed by atoms with Crippen LogP contribution in [0.25, 0.3) is 0 Å². The molecule has 1 unspecified atom stereocenters. The van der Waals surface area contributed by atoms with Crippen LogP contribution >= 0.6 is 0 Å². The van der Waals surface area contributed by atoms with Gasteiger partial charge in [-0.2, -0.15) is 0 Å². The molecule has 1 atom stereocenters. The number of pyridine rings is 2. The van der Waals surface area contributed by atoms with E-state index >= 15 is 0 Å². The largest absolute Gasteiger partial charge is 0.328 e. The molecule has 2 aromatic heterocycles. The van der Waals surface area contributed by atoms with Crippen molar-refractivity contribution in [1.29, 1.82) is 0 Å². The fourth-order valence-electron chi connectivity index (χ4n) is 5.10. The van der Waals surface area contributed by atoms with Gasteiger partial charge in [0.2, 0.25) is 0 Å². The topological polar surface area (TPSA) is 73.7 Å². The molecular weight excluding hydrogens is 376 g/mol. The number of urea groups is 1. The van der Waals surface area contributed by atoms with Crippen LogP contribution in [0.4, 0.5) is 10.5 Å². The highest BCUT2D eigenvalue weighted by atomic mass is 16.2. The lowest BCUT2D eigenvalue weighted by molar-refractivity contribution is 0.250. The van der Waals surface area contributed by atoms with Gasteiger partial charge in [-0.25, -0.2) is 4.79 Å². The van der Waals surface area contributed by atoms with E-state index < -0.39 is 5.54 Å². The zero-order valence-electron chi connectivity index (χ0n) is 17.2. The molecule has 4 heterocycles. The first kappa shape index (κ1) is 19.2. The molecule has 0 radical (unpaired) electrons. The summed E-state index contributed by atoms with van der Waals surface area (Å²) in [6, 6.07) is 8.13. The Balaban J connectivity index is 1.47. The molecule has 3 aliphatic rings. The number of anilines is 1. The molecule has 2 saturated heterocycles. The van der Waals surface area contributed by atoms with E-state index in [4.69, 9.17) is 4.99 Å². The van der Waals surface area contributed by atoms with Gasteiger partial charge >= 0.3 is 6.03 Å². The normalized spacial score (nSPS) is 26.6. The average molecular weight is 405 g/mol. The molecule has 30 heavy (non-hydrogen) atoms. The van der Waals surface area contributed by atoms with Crippen molar-refractivity contribution in [2.45, 2.75) is 56.7 Å². The van der Waals surface area contributed by atoms with Gasteiger partial charge in [0, 0.05) is 38.2 Å². The van der Waals surface area contributed by atoms with Crippen LogP contribution in [0.3, 0.4) is 0 Å². The quantitative estimate of drug-likeness (QED) is 0.848. The zero-order valence-corrected chi connectivity index (χ0v) is 17.2. The molecule has 7 nitrogen and oxygen atoms in total. The van der Waals surface area contributed by atoms with E-state index in [1.807, 2.05) is 29.3 Å². The van der Waals surface area contributed by atoms with Crippen LogP contribution in [-0.4, -0.2) is 51.4 Å². The minimum absolute atomic E-state index is 0.0965. The summed E-state index contributed by atoms with van der Waals surface area (Å²) in [5.74, 6) is 0.844. The van der Waals surface area contributed by atoms with Crippen molar-refractivity contribution < 1.29 is 4.79 Å². The van der Waals surface area contributed by atoms with Crippen LogP contribution in [0.5, 0.6) is 0 Å². The molecule has 1 saturated carbocycles. The smallest absolute Gasteiger partial charge is 0.296 e. The second-order valence-corrected chi connectivity index (χ2v) is 8.60. The second kappa shape index (κ2) is 8.14. The maximum absolute atomic E-state index is 13.1. The number of likely N-dealkylation sites (tertiary alicyclic amines) is 1. The summed E-state index contributed by atoms with van der Waals surface area (Å²) in [4.78, 5) is 31.1. The van der Waals surface area contributed by atoms with E-state index in [1.165, 1.54) is 24.8 Å². The summed E-state index contributed by atoms with van der Waals surface area (Å²) in [6.07, 6.45) is 14.0. The predicted octanol–water partition coefficient (Wildman–Crippen LogP) is 3.38. The van der Waals surface area contributed by atoms with Crippen molar-refractivity contribution in [1.82, 2.24) is 20.2 Å². The SMILES string of the molecule is O=C1NC(=NC2CCCCC2)C2(CCN(Cc3cccnc3)C2)N1c1cccnc1. The summed E-state index contributed by atoms with van der Waals surface area (Å²) in [5, 5.41) is 3.14. The summed E-state index contributed by atoms with van der Waals surface area (Å²) < 4.78 is 0. The third-order valence-electron chi connectivity index (χ3n) is 6.54. The van der Waals surface area contributed by atoms with Crippen LogP contribution in [0.15, 0.2) is 54.0 Å². The lowest BCUT2D eigenvalue weighted by Gasteiger charge is -2.34. The molecular formula is C23H28N6O. The van der Waals surface area contributed by atoms with Crippen molar-refractivity contribution in [2.24, 2.45) is 4.99 Å². The average Bonchev–Trinajstić information content (AvgIpc) is 3.31. The van der Waals surface area contributed by atoms with Crippen LogP contribution in [0.2, 0.25) is 0 Å². The highest BCUT2D eigenvalue weighted by Crippen LogP contribution is 2.38. The van der Waals surface area contributed by atoms with Crippen LogP contribution in [0.1, 0.15) is 44.1 Å². The van der Waals surface area contributed by atoms with Gasteiger partial charge in [-0.05, 0) is 43.0 Å². The summed E-state index contributed by atoms with van der Waals surface area (Å²) in [6.45, 7) is 2.48. The van der Waals surface area contributed by atoms with Gasteiger partial charge in [0.05, 0.1) is 17.9 Å². The van der Waals surface area contributed by atoms with Gasteiger partial charge in [0.25, 0.3) is 0 Å². The number of nitrogens with one attached hydrogen (secondary N) is 1. The third kappa shape index (κ3) is 3.58. The fourth-order valence-corrected chi connectivity index (χ4v) is 5.10. The standard InChI is InChI=1S/C23H28N6O/c30-22-27-21(26-19-7-2-1-3-8-19)23(29(22)20-9-5-12-25-15-20)10-13-28(17-23)16-18-6-4-11-24-14-18/h4-6,9,11-12,14-15,19H,1-3,7-8,10,13,16-17H2,(H,26,27,30). The zero-order chi connectivity index (χ0) is 20.4. The first-order valence-electron chi connectivity index (χ1n) is 11.0. The number of nitrogens with zero attached hydrogens (tertiary/aromatic N) is 5. The summed E-state index contributed by atoms with van der Waals surface area (Å²) in [5.41, 5.74) is 1.55. The lowest BCUT2D eigenvalue weighted by Crippen LogP contribution is -2.52. The van der Waals surface area contributed by atoms with E-state index in [0.717, 1.165) is 50.4 Å². The number of amidine groups is 1. The van der Waals surface area contributed by atoms with Gasteiger partial charge in [-0.3, -0.25) is 30.1 Å². The molecule has 1 spiro atoms. The fraction of sp³-hybridized carbons (Fsp3) is 0.478. The number of carbonyl (C=O) groups is 1. The Morgan fingerprint density at radius 3 is 2.63 bits per heavy atom. The highest BCUT2D eigenvalue weighted by molar-refractivity contribution is 6.19. The van der Waals surface area contributed by atoms with E-state index in [2.05, 4.69) is 26.3 Å². The number of hydrogen-bond donors (Lipinski definition) is 1. The van der Waals surface area contributed by atoms with Crippen LogP contribution in [-0.2, 0) is 6.54 Å². The minimum Gasteiger partial charge on any atom is -0.296 e. The Bertz CT molecular complexity index is 912. The number of carbonyl (C=O) groups excluding carboxylic acids is 1. The first-order valence-corrected chi connectivity index (χ1v) is 11.0. The molecule has 2 amide bonds. The van der Waals surface area contributed by atoms with Crippen LogP contribution in [0, 0.1) is 0 Å². The Morgan fingerprint density at radius 1 is 1.10 bits per heavy atom. The number of aromatic nitrogens is 2. The Hall–Kier alpha value is -2.80. The summed E-state index contributed by atoms with van der Waals surface area (Å²) >= 11 is 0. The lowest BCUT2D eigenvalue weighted by atomic mass is 9.93. The van der Waals surface area contributed by atoms with Gasteiger partial charge in [0.1, 0.15) is 11.4 Å². The molecule has 156 valence electrons. The van der Waals surface area contributed by atoms with Gasteiger partial charge in [-0.1, -0.05) is 25.3 Å². The van der Waals surface area contributed by atoms with Crippen molar-refractivity contribution in [3.8, 4) is 0 Å². The predicted molar refractivity (Wildman–Crippen MR) is 116 cm³/mol. The Labute approximate surface area is 177 Å². The van der Waals surface area contributed by atoms with Crippen molar-refractivity contribution in [2.75, 3.05) is 18.0 Å². The maximum atomic E-state index is 13.1. The van der Waals surface area contributed by atoms with Gasteiger partial charge < -0.3 is 0 Å². The first-order chi connectivity index (χ1) is 14.7. The highest BCUT2D eigenvalue weighted by Gasteiger charge is 2.55. The molecule has 2 aliphatic heterocycles. The van der Waals surface area contributed by atoms with Crippen molar-refractivity contribution in [3.63, 3.8) is 0 Å². The van der Waals surface area contributed by atoms with Crippen molar-refractivity contribution >= 4 is 17.6 Å². The van der Waals surface area contributed by atoms with Crippen molar-refractivity contribution in [3.05, 3.63) is 54.6 Å². The summed E-state index contributed by atoms with van der Waals surface area (Å²) in [7, 11) is 0. The van der Waals surface area contributed by atoms with E-state index in [0.29, 0.717) is 6.04 Å². The van der Waals surface area contributed by atoms with E-state index in [-0.39, 0.29) is 6.03 Å². The number of amides is 2. The van der Waals surface area contributed by atoms with Gasteiger partial charge in [-0.15, -0.1) is 0 Å². The molecule has 2 aromatic rings. The molecule has 3 fully saturated rings. The van der Waals surface area contributed by atoms with Crippen LogP contribution < -0.4 is 10.2 Å². The molecule has 1 N–H and O–H groups in total. The maximum Gasteiger partial charge on any atom is 0.328 e. The molecule has 1 aliphatic carbocycles. The van der Waals surface area contributed by atoms with Gasteiger partial charge in [0.15, 0.2) is 0 Å². The molecule has 7 heteroatoms. The Morgan fingerprint density at radius 2 is 1.90 bits per heavy atom. The number of rotatable bonds is 4. The number of aliphatic imine (C=N–C) groups is 1. The Kier molecular flexibility index (Phi) is 5.21. The molecule has 0 bridgehead atoms. The molecule has 0 aromatic carbocycles. The number of hydrogen-bond acceptors (Lipinski definition) is 5. The minimum atomic E-state index is -0.459. The monoisotopic (exact) mass is 404 g/mol. The molecule has 5 rings (SSSR count). The van der Waals surface area contributed by atoms with E-state index in [1.54, 1.807) is 18.6 Å².